The standard InChI is InChI=1S/C20H17N3O3/c1-2-4-16-14(3-1)21-15-6-5-13(7-17(15)25-16)18-22-19(26-23-18)20-8-12(9-20)10-24-11-20/h1-7,12,21H,8-11H2. The summed E-state index contributed by atoms with van der Waals surface area (Å²) in [4.78, 5) is 4.67. The third-order valence-corrected chi connectivity index (χ3v) is 5.59. The molecule has 0 unspecified atom stereocenters. The highest BCUT2D eigenvalue weighted by atomic mass is 16.5. The quantitative estimate of drug-likeness (QED) is 0.584. The van der Waals surface area contributed by atoms with Crippen molar-refractivity contribution in [2.24, 2.45) is 5.92 Å². The number of nitrogens with zero attached hydrogens (tertiary/aromatic N) is 2. The van der Waals surface area contributed by atoms with E-state index >= 15 is 0 Å². The monoisotopic (exact) mass is 347 g/mol. The smallest absolute Gasteiger partial charge is 0.235 e. The van der Waals surface area contributed by atoms with Crippen molar-refractivity contribution in [1.82, 2.24) is 10.1 Å². The molecule has 130 valence electrons. The van der Waals surface area contributed by atoms with E-state index in [4.69, 9.17) is 14.0 Å². The predicted octanol–water partition coefficient (Wildman–Crippen LogP) is 4.26. The molecule has 4 heterocycles. The highest BCUT2D eigenvalue weighted by molar-refractivity contribution is 5.78. The van der Waals surface area contributed by atoms with Crippen LogP contribution in [0.1, 0.15) is 18.7 Å². The van der Waals surface area contributed by atoms with Crippen LogP contribution in [0.15, 0.2) is 47.0 Å². The van der Waals surface area contributed by atoms with Crippen LogP contribution in [0.25, 0.3) is 11.4 Å². The maximum Gasteiger partial charge on any atom is 0.235 e. The van der Waals surface area contributed by atoms with Gasteiger partial charge in [0.2, 0.25) is 11.7 Å². The average molecular weight is 347 g/mol. The van der Waals surface area contributed by atoms with Gasteiger partial charge in [-0.15, -0.1) is 0 Å². The van der Waals surface area contributed by atoms with Gasteiger partial charge in [-0.1, -0.05) is 17.3 Å². The van der Waals surface area contributed by atoms with Gasteiger partial charge in [-0.2, -0.15) is 4.98 Å². The number of nitrogens with one attached hydrogen (secondary N) is 1. The third-order valence-electron chi connectivity index (χ3n) is 5.59. The van der Waals surface area contributed by atoms with E-state index in [1.165, 1.54) is 0 Å². The molecule has 3 aromatic rings. The first-order valence-electron chi connectivity index (χ1n) is 8.89. The van der Waals surface area contributed by atoms with Gasteiger partial charge in [0.25, 0.3) is 0 Å². The molecule has 4 aliphatic rings. The van der Waals surface area contributed by atoms with Crippen LogP contribution < -0.4 is 10.1 Å². The molecule has 1 saturated carbocycles. The van der Waals surface area contributed by atoms with Gasteiger partial charge in [-0.05, 0) is 49.1 Å². The number of rotatable bonds is 2. The normalized spacial score (nSPS) is 25.3. The number of hydrogen-bond donors (Lipinski definition) is 1. The Balaban J connectivity index is 1.32. The maximum absolute atomic E-state index is 6.02. The van der Waals surface area contributed by atoms with Crippen LogP contribution in [0.3, 0.4) is 0 Å². The molecular weight excluding hydrogens is 330 g/mol. The Labute approximate surface area is 150 Å². The molecule has 2 aromatic carbocycles. The number of fused-ring (bicyclic) bond motifs is 4. The van der Waals surface area contributed by atoms with Gasteiger partial charge in [-0.25, -0.2) is 0 Å². The molecule has 6 nitrogen and oxygen atoms in total. The molecule has 0 spiro atoms. The Bertz CT molecular complexity index is 1000. The van der Waals surface area contributed by atoms with Crippen molar-refractivity contribution in [3.05, 3.63) is 48.4 Å². The Morgan fingerprint density at radius 1 is 1.04 bits per heavy atom. The van der Waals surface area contributed by atoms with Crippen molar-refractivity contribution in [2.75, 3.05) is 18.5 Å². The van der Waals surface area contributed by atoms with Crippen LogP contribution in [0, 0.1) is 5.92 Å². The van der Waals surface area contributed by atoms with E-state index in [0.29, 0.717) is 24.2 Å². The first-order valence-corrected chi connectivity index (χ1v) is 8.89. The van der Waals surface area contributed by atoms with Gasteiger partial charge in [0.15, 0.2) is 11.5 Å². The van der Waals surface area contributed by atoms with E-state index in [1.807, 2.05) is 42.5 Å². The molecule has 1 aliphatic carbocycles. The lowest BCUT2D eigenvalue weighted by atomic mass is 9.61. The highest BCUT2D eigenvalue weighted by Gasteiger charge is 2.53. The summed E-state index contributed by atoms with van der Waals surface area (Å²) in [5.41, 5.74) is 2.70. The molecule has 0 atom stereocenters. The molecule has 2 bridgehead atoms. The SMILES string of the molecule is c1ccc2c(c1)Nc1ccc(-c3noc(C45COCC(C4)C5)n3)cc1O2. The number of ether oxygens (including phenoxy) is 2. The zero-order valence-corrected chi connectivity index (χ0v) is 14.1. The number of benzene rings is 2. The van der Waals surface area contributed by atoms with Crippen LogP contribution in [0.5, 0.6) is 11.5 Å². The van der Waals surface area contributed by atoms with Gasteiger partial charge in [-0.3, -0.25) is 0 Å². The van der Waals surface area contributed by atoms with Gasteiger partial charge in [0, 0.05) is 12.2 Å². The molecule has 0 radical (unpaired) electrons. The topological polar surface area (TPSA) is 69.4 Å². The fourth-order valence-electron chi connectivity index (χ4n) is 4.27. The molecule has 1 aromatic heterocycles. The summed E-state index contributed by atoms with van der Waals surface area (Å²) in [5, 5.41) is 7.59. The molecule has 2 saturated heterocycles. The lowest BCUT2D eigenvalue weighted by Crippen LogP contribution is -2.51. The zero-order valence-electron chi connectivity index (χ0n) is 14.1. The summed E-state index contributed by atoms with van der Waals surface area (Å²) in [6, 6.07) is 13.8. The van der Waals surface area contributed by atoms with Crippen LogP contribution in [0.4, 0.5) is 11.4 Å². The maximum atomic E-state index is 6.02. The van der Waals surface area contributed by atoms with Crippen LogP contribution in [0.2, 0.25) is 0 Å². The summed E-state index contributed by atoms with van der Waals surface area (Å²) in [6.45, 7) is 1.54. The molecular formula is C20H17N3O3. The van der Waals surface area contributed by atoms with Gasteiger partial charge >= 0.3 is 0 Å². The first kappa shape index (κ1) is 14.3. The average Bonchev–Trinajstić information content (AvgIpc) is 3.16. The lowest BCUT2D eigenvalue weighted by molar-refractivity contribution is -0.0966. The molecule has 0 amide bonds. The van der Waals surface area contributed by atoms with E-state index in [0.717, 1.165) is 47.9 Å². The van der Waals surface area contributed by atoms with Crippen LogP contribution in [-0.2, 0) is 10.2 Å². The molecule has 6 heteroatoms. The summed E-state index contributed by atoms with van der Waals surface area (Å²) < 4.78 is 17.3. The molecule has 26 heavy (non-hydrogen) atoms. The fraction of sp³-hybridized carbons (Fsp3) is 0.300. The zero-order chi connectivity index (χ0) is 17.1. The van der Waals surface area contributed by atoms with E-state index in [9.17, 15) is 0 Å². The minimum atomic E-state index is -0.0701. The van der Waals surface area contributed by atoms with E-state index in [1.54, 1.807) is 0 Å². The lowest BCUT2D eigenvalue weighted by Gasteiger charge is -2.49. The first-order chi connectivity index (χ1) is 12.8. The second-order valence-electron chi connectivity index (χ2n) is 7.43. The van der Waals surface area contributed by atoms with Gasteiger partial charge in [0.1, 0.15) is 0 Å². The van der Waals surface area contributed by atoms with E-state index in [-0.39, 0.29) is 5.41 Å². The van der Waals surface area contributed by atoms with Crippen LogP contribution >= 0.6 is 0 Å². The number of aromatic nitrogens is 2. The number of anilines is 2. The summed E-state index contributed by atoms with van der Waals surface area (Å²) in [7, 11) is 0. The van der Waals surface area contributed by atoms with Crippen LogP contribution in [-0.4, -0.2) is 23.4 Å². The molecule has 3 aliphatic heterocycles. The molecule has 7 rings (SSSR count). The van der Waals surface area contributed by atoms with Gasteiger partial charge in [0.05, 0.1) is 23.4 Å². The van der Waals surface area contributed by atoms with Crippen molar-refractivity contribution in [1.29, 1.82) is 0 Å². The Morgan fingerprint density at radius 3 is 2.81 bits per heavy atom. The van der Waals surface area contributed by atoms with Crippen molar-refractivity contribution < 1.29 is 14.0 Å². The van der Waals surface area contributed by atoms with E-state index in [2.05, 4.69) is 15.5 Å². The van der Waals surface area contributed by atoms with E-state index < -0.39 is 0 Å². The minimum absolute atomic E-state index is 0.0701. The largest absolute Gasteiger partial charge is 0.453 e. The molecule has 3 fully saturated rings. The number of para-hydroxylation sites is 2. The second-order valence-corrected chi connectivity index (χ2v) is 7.43. The summed E-state index contributed by atoms with van der Waals surface area (Å²) in [5.74, 6) is 3.50. The number of hydrogen-bond acceptors (Lipinski definition) is 6. The van der Waals surface area contributed by atoms with Crippen molar-refractivity contribution in [3.8, 4) is 22.9 Å². The Hall–Kier alpha value is -2.86. The minimum Gasteiger partial charge on any atom is -0.453 e. The second kappa shape index (κ2) is 5.08. The van der Waals surface area contributed by atoms with Gasteiger partial charge < -0.3 is 19.3 Å². The molecule has 1 N–H and O–H groups in total. The fourth-order valence-corrected chi connectivity index (χ4v) is 4.27. The van der Waals surface area contributed by atoms with Crippen molar-refractivity contribution in [2.45, 2.75) is 18.3 Å². The summed E-state index contributed by atoms with van der Waals surface area (Å²) in [6.07, 6.45) is 2.17. The Kier molecular flexibility index (Phi) is 2.80. The third kappa shape index (κ3) is 2.02. The highest BCUT2D eigenvalue weighted by Crippen LogP contribution is 2.51. The predicted molar refractivity (Wildman–Crippen MR) is 94.8 cm³/mol. The summed E-state index contributed by atoms with van der Waals surface area (Å²) >= 11 is 0. The van der Waals surface area contributed by atoms with Crippen molar-refractivity contribution in [3.63, 3.8) is 0 Å². The van der Waals surface area contributed by atoms with Crippen molar-refractivity contribution >= 4 is 11.4 Å². The Morgan fingerprint density at radius 2 is 1.92 bits per heavy atom.